The molecule has 0 bridgehead atoms. The van der Waals surface area contributed by atoms with Crippen LogP contribution in [0.25, 0.3) is 10.9 Å². The van der Waals surface area contributed by atoms with Crippen molar-refractivity contribution in [3.8, 4) is 0 Å². The van der Waals surface area contributed by atoms with Gasteiger partial charge >= 0.3 is 5.69 Å². The molecule has 0 fully saturated rings. The fraction of sp³-hybridized carbons (Fsp3) is 0.400. The summed E-state index contributed by atoms with van der Waals surface area (Å²) >= 11 is 0. The van der Waals surface area contributed by atoms with Crippen molar-refractivity contribution in [3.05, 3.63) is 40.6 Å². The maximum absolute atomic E-state index is 11.5. The van der Waals surface area contributed by atoms with E-state index in [1.165, 1.54) is 0 Å². The van der Waals surface area contributed by atoms with Crippen molar-refractivity contribution in [2.75, 3.05) is 11.9 Å². The monoisotopic (exact) mass is 288 g/mol. The van der Waals surface area contributed by atoms with E-state index in [1.54, 1.807) is 30.5 Å². The number of fused-ring (bicyclic) bond motifs is 1. The molecule has 0 aliphatic carbocycles. The van der Waals surface area contributed by atoms with Crippen molar-refractivity contribution in [3.63, 3.8) is 0 Å². The minimum Gasteiger partial charge on any atom is -0.373 e. The minimum atomic E-state index is -0.362. The summed E-state index contributed by atoms with van der Waals surface area (Å²) in [6.45, 7) is 4.47. The van der Waals surface area contributed by atoms with Crippen LogP contribution in [0.5, 0.6) is 0 Å². The lowest BCUT2D eigenvalue weighted by molar-refractivity contribution is -0.382. The summed E-state index contributed by atoms with van der Waals surface area (Å²) in [6, 6.07) is 6.92. The summed E-state index contributed by atoms with van der Waals surface area (Å²) in [5.41, 5.74) is 6.70. The molecule has 6 nitrogen and oxygen atoms in total. The van der Waals surface area contributed by atoms with Crippen molar-refractivity contribution in [1.29, 1.82) is 0 Å². The van der Waals surface area contributed by atoms with E-state index in [-0.39, 0.29) is 16.1 Å². The fourth-order valence-electron chi connectivity index (χ4n) is 2.49. The third kappa shape index (κ3) is 2.80. The van der Waals surface area contributed by atoms with Crippen LogP contribution in [0.3, 0.4) is 0 Å². The number of hydrogen-bond acceptors (Lipinski definition) is 5. The topological polar surface area (TPSA) is 94.1 Å². The Kier molecular flexibility index (Phi) is 4.37. The van der Waals surface area contributed by atoms with Crippen LogP contribution >= 0.6 is 0 Å². The number of nitro groups is 1. The Hall–Kier alpha value is -2.21. The molecule has 0 radical (unpaired) electrons. The van der Waals surface area contributed by atoms with Crippen LogP contribution in [0, 0.1) is 10.1 Å². The number of nitrogens with two attached hydrogens (primary N) is 1. The molecule has 0 atom stereocenters. The number of benzene rings is 1. The van der Waals surface area contributed by atoms with Gasteiger partial charge in [-0.2, -0.15) is 0 Å². The van der Waals surface area contributed by atoms with Crippen LogP contribution in [0.4, 0.5) is 11.4 Å². The standard InChI is InChI=1S/C15H20N4O2/c1-3-15(4-2,10-16)18-13-8-7-12-11(6-5-9-17-12)14(13)19(20)21/h5-9,18H,3-4,10,16H2,1-2H3. The molecule has 0 spiro atoms. The van der Waals surface area contributed by atoms with Crippen molar-refractivity contribution >= 4 is 22.3 Å². The highest BCUT2D eigenvalue weighted by molar-refractivity contribution is 5.94. The van der Waals surface area contributed by atoms with E-state index in [1.807, 2.05) is 13.8 Å². The summed E-state index contributed by atoms with van der Waals surface area (Å²) in [7, 11) is 0. The zero-order valence-corrected chi connectivity index (χ0v) is 12.3. The molecule has 112 valence electrons. The molecule has 6 heteroatoms. The van der Waals surface area contributed by atoms with E-state index in [0.717, 1.165) is 12.8 Å². The minimum absolute atomic E-state index is 0.0559. The lowest BCUT2D eigenvalue weighted by Gasteiger charge is -2.32. The van der Waals surface area contributed by atoms with Gasteiger partial charge in [0.2, 0.25) is 0 Å². The summed E-state index contributed by atoms with van der Waals surface area (Å²) < 4.78 is 0. The summed E-state index contributed by atoms with van der Waals surface area (Å²) in [4.78, 5) is 15.3. The van der Waals surface area contributed by atoms with Gasteiger partial charge in [-0.25, -0.2) is 0 Å². The van der Waals surface area contributed by atoms with Gasteiger partial charge in [0.15, 0.2) is 0 Å². The molecular weight excluding hydrogens is 268 g/mol. The van der Waals surface area contributed by atoms with Crippen molar-refractivity contribution in [1.82, 2.24) is 4.98 Å². The second kappa shape index (κ2) is 6.05. The third-order valence-corrected chi connectivity index (χ3v) is 4.08. The number of pyridine rings is 1. The highest BCUT2D eigenvalue weighted by atomic mass is 16.6. The van der Waals surface area contributed by atoms with Crippen LogP contribution in [-0.4, -0.2) is 22.0 Å². The highest BCUT2D eigenvalue weighted by Gasteiger charge is 2.28. The second-order valence-electron chi connectivity index (χ2n) is 5.11. The molecule has 0 saturated heterocycles. The quantitative estimate of drug-likeness (QED) is 0.629. The van der Waals surface area contributed by atoms with Gasteiger partial charge < -0.3 is 11.1 Å². The zero-order chi connectivity index (χ0) is 15.5. The van der Waals surface area contributed by atoms with E-state index in [4.69, 9.17) is 5.73 Å². The number of nitrogens with one attached hydrogen (secondary N) is 1. The number of anilines is 1. The Balaban J connectivity index is 2.58. The first-order valence-electron chi connectivity index (χ1n) is 7.07. The van der Waals surface area contributed by atoms with Gasteiger partial charge in [-0.3, -0.25) is 15.1 Å². The van der Waals surface area contributed by atoms with Gasteiger partial charge in [0.05, 0.1) is 15.8 Å². The first-order valence-corrected chi connectivity index (χ1v) is 7.07. The Morgan fingerprint density at radius 1 is 1.33 bits per heavy atom. The lowest BCUT2D eigenvalue weighted by atomic mass is 9.92. The molecule has 0 unspecified atom stereocenters. The van der Waals surface area contributed by atoms with Crippen LogP contribution in [0.1, 0.15) is 26.7 Å². The summed E-state index contributed by atoms with van der Waals surface area (Å²) in [5, 5.41) is 15.3. The second-order valence-corrected chi connectivity index (χ2v) is 5.11. The smallest absolute Gasteiger partial charge is 0.301 e. The first kappa shape index (κ1) is 15.2. The molecule has 2 aromatic rings. The summed E-state index contributed by atoms with van der Waals surface area (Å²) in [5.74, 6) is 0. The van der Waals surface area contributed by atoms with E-state index < -0.39 is 0 Å². The maximum atomic E-state index is 11.5. The van der Waals surface area contributed by atoms with Gasteiger partial charge in [-0.05, 0) is 37.1 Å². The van der Waals surface area contributed by atoms with Gasteiger partial charge in [0.1, 0.15) is 5.69 Å². The molecule has 0 saturated carbocycles. The first-order chi connectivity index (χ1) is 10.1. The van der Waals surface area contributed by atoms with Gasteiger partial charge in [0, 0.05) is 18.3 Å². The van der Waals surface area contributed by atoms with Crippen LogP contribution < -0.4 is 11.1 Å². The maximum Gasteiger partial charge on any atom is 0.301 e. The number of aromatic nitrogens is 1. The fourth-order valence-corrected chi connectivity index (χ4v) is 2.49. The summed E-state index contributed by atoms with van der Waals surface area (Å²) in [6.07, 6.45) is 3.21. The molecule has 1 aromatic heterocycles. The molecule has 1 heterocycles. The molecule has 21 heavy (non-hydrogen) atoms. The highest BCUT2D eigenvalue weighted by Crippen LogP contribution is 2.35. The Morgan fingerprint density at radius 2 is 2.05 bits per heavy atom. The molecule has 0 aliphatic heterocycles. The van der Waals surface area contributed by atoms with E-state index in [9.17, 15) is 10.1 Å². The van der Waals surface area contributed by atoms with Crippen molar-refractivity contribution in [2.24, 2.45) is 5.73 Å². The Morgan fingerprint density at radius 3 is 2.62 bits per heavy atom. The van der Waals surface area contributed by atoms with E-state index >= 15 is 0 Å². The van der Waals surface area contributed by atoms with Crippen molar-refractivity contribution in [2.45, 2.75) is 32.2 Å². The Labute approximate surface area is 123 Å². The molecule has 2 rings (SSSR count). The SMILES string of the molecule is CCC(CC)(CN)Nc1ccc2ncccc2c1[N+](=O)[O-]. The number of nitro benzene ring substituents is 1. The molecule has 1 aromatic carbocycles. The molecule has 0 aliphatic rings. The molecular formula is C15H20N4O2. The number of nitrogens with zero attached hydrogens (tertiary/aromatic N) is 2. The van der Waals surface area contributed by atoms with Gasteiger partial charge in [-0.1, -0.05) is 13.8 Å². The predicted octanol–water partition coefficient (Wildman–Crippen LogP) is 3.07. The molecule has 0 amide bonds. The number of hydrogen-bond donors (Lipinski definition) is 2. The van der Waals surface area contributed by atoms with Gasteiger partial charge in [-0.15, -0.1) is 0 Å². The third-order valence-electron chi connectivity index (χ3n) is 4.08. The van der Waals surface area contributed by atoms with E-state index in [2.05, 4.69) is 10.3 Å². The van der Waals surface area contributed by atoms with Crippen molar-refractivity contribution < 1.29 is 4.92 Å². The average Bonchev–Trinajstić information content (AvgIpc) is 2.52. The van der Waals surface area contributed by atoms with Crippen LogP contribution in [0.2, 0.25) is 0 Å². The predicted molar refractivity (Wildman–Crippen MR) is 84.4 cm³/mol. The van der Waals surface area contributed by atoms with E-state index in [0.29, 0.717) is 23.1 Å². The normalized spacial score (nSPS) is 11.6. The van der Waals surface area contributed by atoms with Gasteiger partial charge in [0.25, 0.3) is 0 Å². The van der Waals surface area contributed by atoms with Crippen LogP contribution in [-0.2, 0) is 0 Å². The zero-order valence-electron chi connectivity index (χ0n) is 12.3. The van der Waals surface area contributed by atoms with Crippen LogP contribution in [0.15, 0.2) is 30.5 Å². The lowest BCUT2D eigenvalue weighted by Crippen LogP contribution is -2.44. The largest absolute Gasteiger partial charge is 0.373 e. The average molecular weight is 288 g/mol. The molecule has 3 N–H and O–H groups in total. The number of rotatable bonds is 6. The Bertz CT molecular complexity index is 645.